The molecule has 1 aromatic rings. The van der Waals surface area contributed by atoms with Crippen molar-refractivity contribution in [1.29, 1.82) is 0 Å². The number of rotatable bonds is 4. The number of anilines is 1. The van der Waals surface area contributed by atoms with Crippen molar-refractivity contribution in [2.45, 2.75) is 19.1 Å². The molecule has 2 N–H and O–H groups in total. The van der Waals surface area contributed by atoms with Gasteiger partial charge in [-0.2, -0.15) is 13.2 Å². The highest BCUT2D eigenvalue weighted by Gasteiger charge is 2.33. The summed E-state index contributed by atoms with van der Waals surface area (Å²) in [5, 5.41) is 5.51. The van der Waals surface area contributed by atoms with Gasteiger partial charge in [-0.1, -0.05) is 12.1 Å². The fraction of sp³-hybridized carbons (Fsp3) is 0.417. The number of benzene rings is 1. The monoisotopic (exact) mass is 292 g/mol. The van der Waals surface area contributed by atoms with Gasteiger partial charge in [0.1, 0.15) is 0 Å². The third-order valence-electron chi connectivity index (χ3n) is 2.27. The van der Waals surface area contributed by atoms with E-state index < -0.39 is 11.7 Å². The molecule has 7 heteroatoms. The Morgan fingerprint density at radius 2 is 2.00 bits per heavy atom. The van der Waals surface area contributed by atoms with E-state index in [-0.39, 0.29) is 16.8 Å². The van der Waals surface area contributed by atoms with Gasteiger partial charge in [-0.25, -0.2) is 0 Å². The third kappa shape index (κ3) is 5.04. The topological polar surface area (TPSA) is 33.3 Å². The number of ether oxygens (including phenoxy) is 1. The lowest BCUT2D eigenvalue weighted by Gasteiger charge is -2.18. The van der Waals surface area contributed by atoms with Crippen LogP contribution in [0.4, 0.5) is 18.9 Å². The van der Waals surface area contributed by atoms with Gasteiger partial charge in [-0.15, -0.1) is 0 Å². The Hall–Kier alpha value is -1.34. The van der Waals surface area contributed by atoms with Crippen LogP contribution in [-0.4, -0.2) is 24.9 Å². The zero-order valence-electron chi connectivity index (χ0n) is 10.5. The molecule has 0 saturated carbocycles. The van der Waals surface area contributed by atoms with E-state index in [0.717, 1.165) is 6.07 Å². The van der Waals surface area contributed by atoms with Gasteiger partial charge in [-0.05, 0) is 31.3 Å². The lowest BCUT2D eigenvalue weighted by molar-refractivity contribution is -0.136. The molecule has 1 unspecified atom stereocenters. The van der Waals surface area contributed by atoms with E-state index in [0.29, 0.717) is 6.61 Å². The molecule has 0 radical (unpaired) electrons. The number of methoxy groups -OCH3 is 1. The van der Waals surface area contributed by atoms with E-state index in [1.807, 2.05) is 6.92 Å². The number of alkyl halides is 3. The first-order chi connectivity index (χ1) is 8.84. The molecular weight excluding hydrogens is 277 g/mol. The fourth-order valence-electron chi connectivity index (χ4n) is 1.51. The molecule has 0 fully saturated rings. The second kappa shape index (κ2) is 6.72. The third-order valence-corrected chi connectivity index (χ3v) is 2.49. The van der Waals surface area contributed by atoms with Crippen molar-refractivity contribution in [2.75, 3.05) is 19.0 Å². The van der Waals surface area contributed by atoms with Crippen LogP contribution in [0.3, 0.4) is 0 Å². The largest absolute Gasteiger partial charge is 0.418 e. The van der Waals surface area contributed by atoms with Crippen molar-refractivity contribution < 1.29 is 17.9 Å². The molecule has 1 atom stereocenters. The first-order valence-electron chi connectivity index (χ1n) is 5.57. The van der Waals surface area contributed by atoms with Crippen LogP contribution in [0.15, 0.2) is 24.3 Å². The maximum Gasteiger partial charge on any atom is 0.418 e. The van der Waals surface area contributed by atoms with Crippen molar-refractivity contribution >= 4 is 23.0 Å². The van der Waals surface area contributed by atoms with E-state index in [1.54, 1.807) is 0 Å². The average Bonchev–Trinajstić information content (AvgIpc) is 2.28. The summed E-state index contributed by atoms with van der Waals surface area (Å²) in [5.74, 6) is 0. The summed E-state index contributed by atoms with van der Waals surface area (Å²) >= 11 is 4.96. The molecule has 0 aromatic heterocycles. The first kappa shape index (κ1) is 15.7. The average molecular weight is 292 g/mol. The van der Waals surface area contributed by atoms with Crippen LogP contribution in [0.5, 0.6) is 0 Å². The molecule has 106 valence electrons. The molecule has 0 aliphatic carbocycles. The molecule has 0 bridgehead atoms. The van der Waals surface area contributed by atoms with E-state index >= 15 is 0 Å². The molecule has 3 nitrogen and oxygen atoms in total. The molecule has 0 heterocycles. The summed E-state index contributed by atoms with van der Waals surface area (Å²) in [5.41, 5.74) is -0.823. The van der Waals surface area contributed by atoms with Gasteiger partial charge in [0, 0.05) is 13.2 Å². The Morgan fingerprint density at radius 1 is 1.37 bits per heavy atom. The van der Waals surface area contributed by atoms with E-state index in [1.165, 1.54) is 25.3 Å². The van der Waals surface area contributed by atoms with Crippen molar-refractivity contribution in [1.82, 2.24) is 5.32 Å². The standard InChI is InChI=1S/C12H15F3N2OS/c1-8(7-18-2)16-11(19)17-10-6-4-3-5-9(10)12(13,14)15/h3-6,8H,7H2,1-2H3,(H2,16,17,19). The van der Waals surface area contributed by atoms with Gasteiger partial charge in [0.05, 0.1) is 17.9 Å². The van der Waals surface area contributed by atoms with Crippen molar-refractivity contribution in [3.8, 4) is 0 Å². The predicted molar refractivity (Wildman–Crippen MR) is 72.1 cm³/mol. The van der Waals surface area contributed by atoms with Crippen LogP contribution in [0, 0.1) is 0 Å². The lowest BCUT2D eigenvalue weighted by Crippen LogP contribution is -2.38. The van der Waals surface area contributed by atoms with Crippen molar-refractivity contribution in [3.05, 3.63) is 29.8 Å². The molecule has 0 amide bonds. The van der Waals surface area contributed by atoms with E-state index in [9.17, 15) is 13.2 Å². The summed E-state index contributed by atoms with van der Waals surface area (Å²) in [6.45, 7) is 2.22. The zero-order valence-corrected chi connectivity index (χ0v) is 11.4. The number of para-hydroxylation sites is 1. The molecule has 19 heavy (non-hydrogen) atoms. The Labute approximate surface area is 115 Å². The Balaban J connectivity index is 2.75. The minimum Gasteiger partial charge on any atom is -0.383 e. The minimum atomic E-state index is -4.42. The molecular formula is C12H15F3N2OS. The predicted octanol–water partition coefficient (Wildman–Crippen LogP) is 3.03. The number of thiocarbonyl (C=S) groups is 1. The van der Waals surface area contributed by atoms with Gasteiger partial charge < -0.3 is 15.4 Å². The highest BCUT2D eigenvalue weighted by Crippen LogP contribution is 2.34. The molecule has 1 aromatic carbocycles. The lowest BCUT2D eigenvalue weighted by atomic mass is 10.1. The van der Waals surface area contributed by atoms with Gasteiger partial charge in [0.15, 0.2) is 5.11 Å². The molecule has 0 aliphatic rings. The van der Waals surface area contributed by atoms with Crippen LogP contribution in [0.25, 0.3) is 0 Å². The second-order valence-electron chi connectivity index (χ2n) is 4.00. The number of hydrogen-bond donors (Lipinski definition) is 2. The van der Waals surface area contributed by atoms with Crippen LogP contribution in [0.1, 0.15) is 12.5 Å². The van der Waals surface area contributed by atoms with Crippen LogP contribution < -0.4 is 10.6 Å². The Kier molecular flexibility index (Phi) is 5.56. The molecule has 0 saturated heterocycles. The highest BCUT2D eigenvalue weighted by atomic mass is 32.1. The zero-order chi connectivity index (χ0) is 14.5. The van der Waals surface area contributed by atoms with Gasteiger partial charge in [0.25, 0.3) is 0 Å². The Morgan fingerprint density at radius 3 is 2.58 bits per heavy atom. The van der Waals surface area contributed by atoms with E-state index in [4.69, 9.17) is 17.0 Å². The summed E-state index contributed by atoms with van der Waals surface area (Å²) in [4.78, 5) is 0. The Bertz CT molecular complexity index is 437. The minimum absolute atomic E-state index is 0.0721. The summed E-state index contributed by atoms with van der Waals surface area (Å²) in [6, 6.07) is 5.08. The van der Waals surface area contributed by atoms with Crippen LogP contribution in [0.2, 0.25) is 0 Å². The van der Waals surface area contributed by atoms with Crippen molar-refractivity contribution in [2.24, 2.45) is 0 Å². The molecule has 1 rings (SSSR count). The molecule has 0 aliphatic heterocycles. The van der Waals surface area contributed by atoms with E-state index in [2.05, 4.69) is 10.6 Å². The quantitative estimate of drug-likeness (QED) is 0.836. The first-order valence-corrected chi connectivity index (χ1v) is 5.98. The number of nitrogens with one attached hydrogen (secondary N) is 2. The fourth-order valence-corrected chi connectivity index (χ4v) is 1.82. The van der Waals surface area contributed by atoms with Gasteiger partial charge in [0.2, 0.25) is 0 Å². The normalized spacial score (nSPS) is 12.9. The van der Waals surface area contributed by atoms with Crippen LogP contribution >= 0.6 is 12.2 Å². The second-order valence-corrected chi connectivity index (χ2v) is 4.41. The molecule has 0 spiro atoms. The van der Waals surface area contributed by atoms with Gasteiger partial charge >= 0.3 is 6.18 Å². The summed E-state index contributed by atoms with van der Waals surface area (Å²) < 4.78 is 43.2. The number of hydrogen-bond acceptors (Lipinski definition) is 2. The maximum absolute atomic E-state index is 12.8. The smallest absolute Gasteiger partial charge is 0.383 e. The van der Waals surface area contributed by atoms with Gasteiger partial charge in [-0.3, -0.25) is 0 Å². The van der Waals surface area contributed by atoms with Crippen LogP contribution in [-0.2, 0) is 10.9 Å². The maximum atomic E-state index is 12.8. The number of halogens is 3. The SMILES string of the molecule is COCC(C)NC(=S)Nc1ccccc1C(F)(F)F. The summed E-state index contributed by atoms with van der Waals surface area (Å²) in [7, 11) is 1.54. The highest BCUT2D eigenvalue weighted by molar-refractivity contribution is 7.80. The van der Waals surface area contributed by atoms with Crippen molar-refractivity contribution in [3.63, 3.8) is 0 Å². The summed E-state index contributed by atoms with van der Waals surface area (Å²) in [6.07, 6.45) is -4.42.